The number of carbonyl (C=O) groups excluding carboxylic acids is 1. The van der Waals surface area contributed by atoms with Crippen molar-refractivity contribution in [2.45, 2.75) is 0 Å². The second-order valence-corrected chi connectivity index (χ2v) is 4.65. The molecule has 0 bridgehead atoms. The second-order valence-electron chi connectivity index (χ2n) is 4.65. The number of ketones is 1. The molecule has 2 nitrogen and oxygen atoms in total. The van der Waals surface area contributed by atoms with Crippen LogP contribution in [-0.2, 0) is 0 Å². The van der Waals surface area contributed by atoms with E-state index in [1.54, 1.807) is 18.2 Å². The van der Waals surface area contributed by atoms with Crippen molar-refractivity contribution < 1.29 is 26.7 Å². The normalized spacial score (nSPS) is 11.0. The van der Waals surface area contributed by atoms with Crippen LogP contribution in [0.4, 0.5) is 22.0 Å². The summed E-state index contributed by atoms with van der Waals surface area (Å²) in [6, 6.07) is 7.34. The fourth-order valence-corrected chi connectivity index (χ4v) is 2.23. The molecule has 0 aliphatic carbocycles. The van der Waals surface area contributed by atoms with Gasteiger partial charge in [-0.1, -0.05) is 18.2 Å². The maximum atomic E-state index is 13.8. The third-order valence-corrected chi connectivity index (χ3v) is 3.33. The minimum atomic E-state index is -2.31. The van der Waals surface area contributed by atoms with Crippen molar-refractivity contribution in [2.75, 3.05) is 0 Å². The maximum Gasteiger partial charge on any atom is 0.200 e. The van der Waals surface area contributed by atoms with Gasteiger partial charge in [0.15, 0.2) is 29.1 Å². The number of pyridine rings is 1. The lowest BCUT2D eigenvalue weighted by molar-refractivity contribution is 0.102. The number of benzene rings is 2. The van der Waals surface area contributed by atoms with E-state index in [0.29, 0.717) is 5.52 Å². The second kappa shape index (κ2) is 5.42. The van der Waals surface area contributed by atoms with Gasteiger partial charge in [-0.05, 0) is 12.1 Å². The van der Waals surface area contributed by atoms with Crippen molar-refractivity contribution in [2.24, 2.45) is 0 Å². The van der Waals surface area contributed by atoms with Gasteiger partial charge in [0.1, 0.15) is 5.56 Å². The first kappa shape index (κ1) is 15.1. The van der Waals surface area contributed by atoms with Gasteiger partial charge in [0.05, 0.1) is 5.52 Å². The fraction of sp³-hybridized carbons (Fsp3) is 0. The van der Waals surface area contributed by atoms with Gasteiger partial charge in [-0.25, -0.2) is 22.0 Å². The molecule has 0 saturated carbocycles. The fourth-order valence-electron chi connectivity index (χ4n) is 2.23. The standard InChI is InChI=1S/C16H6F5NO/c17-11-10(12(18)14(20)15(21)13(11)19)16(23)8-5-6-22-9-4-2-1-3-7(8)9/h1-6H. The molecule has 7 heteroatoms. The minimum absolute atomic E-state index is 0.209. The first-order chi connectivity index (χ1) is 10.9. The highest BCUT2D eigenvalue weighted by molar-refractivity contribution is 6.16. The molecule has 3 aromatic rings. The predicted molar refractivity (Wildman–Crippen MR) is 71.4 cm³/mol. The van der Waals surface area contributed by atoms with E-state index >= 15 is 0 Å². The number of fused-ring (bicyclic) bond motifs is 1. The SMILES string of the molecule is O=C(c1c(F)c(F)c(F)c(F)c1F)c1ccnc2ccccc12. The topological polar surface area (TPSA) is 30.0 Å². The lowest BCUT2D eigenvalue weighted by atomic mass is 9.98. The number of nitrogens with zero attached hydrogens (tertiary/aromatic N) is 1. The Kier molecular flexibility index (Phi) is 3.55. The zero-order chi connectivity index (χ0) is 16.7. The molecule has 3 rings (SSSR count). The summed E-state index contributed by atoms with van der Waals surface area (Å²) >= 11 is 0. The number of hydrogen-bond acceptors (Lipinski definition) is 2. The van der Waals surface area contributed by atoms with Crippen LogP contribution < -0.4 is 0 Å². The van der Waals surface area contributed by atoms with Crippen LogP contribution in [0.2, 0.25) is 0 Å². The predicted octanol–water partition coefficient (Wildman–Crippen LogP) is 4.16. The van der Waals surface area contributed by atoms with Gasteiger partial charge in [0.25, 0.3) is 0 Å². The van der Waals surface area contributed by atoms with Gasteiger partial charge in [-0.2, -0.15) is 0 Å². The lowest BCUT2D eigenvalue weighted by Crippen LogP contribution is -2.14. The Morgan fingerprint density at radius 2 is 1.35 bits per heavy atom. The zero-order valence-electron chi connectivity index (χ0n) is 11.2. The van der Waals surface area contributed by atoms with E-state index in [-0.39, 0.29) is 10.9 Å². The van der Waals surface area contributed by atoms with Crippen LogP contribution in [0, 0.1) is 29.1 Å². The van der Waals surface area contributed by atoms with Gasteiger partial charge >= 0.3 is 0 Å². The van der Waals surface area contributed by atoms with Crippen LogP contribution >= 0.6 is 0 Å². The Morgan fingerprint density at radius 1 is 0.783 bits per heavy atom. The molecule has 0 radical (unpaired) electrons. The molecule has 0 spiro atoms. The van der Waals surface area contributed by atoms with Crippen molar-refractivity contribution in [1.29, 1.82) is 0 Å². The van der Waals surface area contributed by atoms with E-state index in [0.717, 1.165) is 6.07 Å². The molecule has 0 unspecified atom stereocenters. The molecule has 0 aliphatic rings. The van der Waals surface area contributed by atoms with E-state index < -0.39 is 40.4 Å². The molecule has 0 atom stereocenters. The Labute approximate surface area is 126 Å². The summed E-state index contributed by atoms with van der Waals surface area (Å²) in [5.41, 5.74) is -1.35. The molecule has 23 heavy (non-hydrogen) atoms. The largest absolute Gasteiger partial charge is 0.288 e. The van der Waals surface area contributed by atoms with Crippen molar-refractivity contribution in [3.05, 3.63) is 76.7 Å². The monoisotopic (exact) mass is 323 g/mol. The first-order valence-corrected chi connectivity index (χ1v) is 6.33. The van der Waals surface area contributed by atoms with E-state index in [9.17, 15) is 26.7 Å². The summed E-state index contributed by atoms with van der Waals surface area (Å²) in [6.45, 7) is 0. The van der Waals surface area contributed by atoms with Gasteiger partial charge in [-0.3, -0.25) is 9.78 Å². The van der Waals surface area contributed by atoms with Crippen LogP contribution in [0.15, 0.2) is 36.5 Å². The first-order valence-electron chi connectivity index (χ1n) is 6.33. The molecule has 1 aromatic heterocycles. The smallest absolute Gasteiger partial charge is 0.200 e. The average Bonchev–Trinajstić information content (AvgIpc) is 2.57. The molecule has 2 aromatic carbocycles. The quantitative estimate of drug-likeness (QED) is 0.307. The van der Waals surface area contributed by atoms with E-state index in [4.69, 9.17) is 0 Å². The maximum absolute atomic E-state index is 13.8. The van der Waals surface area contributed by atoms with E-state index in [1.165, 1.54) is 12.3 Å². The van der Waals surface area contributed by atoms with Gasteiger partial charge in [0, 0.05) is 17.1 Å². The molecule has 0 saturated heterocycles. The van der Waals surface area contributed by atoms with Gasteiger partial charge < -0.3 is 0 Å². The molecular weight excluding hydrogens is 317 g/mol. The lowest BCUT2D eigenvalue weighted by Gasteiger charge is -2.09. The Bertz CT molecular complexity index is 920. The summed E-state index contributed by atoms with van der Waals surface area (Å²) in [5, 5.41) is 0.240. The van der Waals surface area contributed by atoms with Gasteiger partial charge in [-0.15, -0.1) is 0 Å². The molecular formula is C16H6F5NO. The molecule has 0 amide bonds. The van der Waals surface area contributed by atoms with E-state index in [1.807, 2.05) is 0 Å². The molecule has 116 valence electrons. The zero-order valence-corrected chi connectivity index (χ0v) is 11.2. The summed E-state index contributed by atoms with van der Waals surface area (Å²) < 4.78 is 67.2. The number of halogens is 5. The van der Waals surface area contributed by atoms with Crippen molar-refractivity contribution in [3.63, 3.8) is 0 Å². The summed E-state index contributed by atoms with van der Waals surface area (Å²) in [7, 11) is 0. The Morgan fingerprint density at radius 3 is 2.00 bits per heavy atom. The van der Waals surface area contributed by atoms with Crippen molar-refractivity contribution >= 4 is 16.7 Å². The molecule has 0 fully saturated rings. The summed E-state index contributed by atoms with van der Waals surface area (Å²) in [4.78, 5) is 16.3. The van der Waals surface area contributed by atoms with Crippen LogP contribution in [0.5, 0.6) is 0 Å². The van der Waals surface area contributed by atoms with Crippen molar-refractivity contribution in [1.82, 2.24) is 4.98 Å². The highest BCUT2D eigenvalue weighted by atomic mass is 19.2. The van der Waals surface area contributed by atoms with Crippen LogP contribution in [0.3, 0.4) is 0 Å². The van der Waals surface area contributed by atoms with Crippen molar-refractivity contribution in [3.8, 4) is 0 Å². The third kappa shape index (κ3) is 2.25. The van der Waals surface area contributed by atoms with Gasteiger partial charge in [0.2, 0.25) is 5.82 Å². The third-order valence-electron chi connectivity index (χ3n) is 3.33. The van der Waals surface area contributed by atoms with E-state index in [2.05, 4.69) is 4.98 Å². The number of hydrogen-bond donors (Lipinski definition) is 0. The summed E-state index contributed by atoms with van der Waals surface area (Å²) in [6.07, 6.45) is 1.21. The Balaban J connectivity index is 2.29. The molecule has 0 aliphatic heterocycles. The molecule has 1 heterocycles. The van der Waals surface area contributed by atoms with Crippen LogP contribution in [0.25, 0.3) is 10.9 Å². The van der Waals surface area contributed by atoms with Crippen LogP contribution in [0.1, 0.15) is 15.9 Å². The minimum Gasteiger partial charge on any atom is -0.288 e. The average molecular weight is 323 g/mol. The summed E-state index contributed by atoms with van der Waals surface area (Å²) in [5.74, 6) is -12.3. The highest BCUT2D eigenvalue weighted by Gasteiger charge is 2.30. The number of aromatic nitrogens is 1. The number of carbonyl (C=O) groups is 1. The Hall–Kier alpha value is -2.83. The van der Waals surface area contributed by atoms with Crippen LogP contribution in [-0.4, -0.2) is 10.8 Å². The molecule has 0 N–H and O–H groups in total. The highest BCUT2D eigenvalue weighted by Crippen LogP contribution is 2.27. The number of para-hydroxylation sites is 1. The number of rotatable bonds is 2.